The van der Waals surface area contributed by atoms with Crippen molar-refractivity contribution < 1.29 is 13.5 Å². The van der Waals surface area contributed by atoms with Gasteiger partial charge in [0.2, 0.25) is 5.88 Å². The number of rotatable bonds is 5. The van der Waals surface area contributed by atoms with E-state index in [9.17, 15) is 8.78 Å². The highest BCUT2D eigenvalue weighted by atomic mass is 19.1. The van der Waals surface area contributed by atoms with Gasteiger partial charge >= 0.3 is 0 Å². The molecule has 1 aliphatic rings. The van der Waals surface area contributed by atoms with Crippen molar-refractivity contribution in [1.82, 2.24) is 10.3 Å². The summed E-state index contributed by atoms with van der Waals surface area (Å²) in [7, 11) is 0. The zero-order valence-corrected chi connectivity index (χ0v) is 11.7. The molecule has 1 fully saturated rings. The predicted octanol–water partition coefficient (Wildman–Crippen LogP) is 3.71. The number of halogens is 2. The third-order valence-corrected chi connectivity index (χ3v) is 3.39. The van der Waals surface area contributed by atoms with Gasteiger partial charge in [0.05, 0.1) is 0 Å². The van der Waals surface area contributed by atoms with Crippen LogP contribution in [0.25, 0.3) is 0 Å². The van der Waals surface area contributed by atoms with Crippen LogP contribution in [0.4, 0.5) is 8.78 Å². The molecule has 1 aliphatic carbocycles. The number of aryl methyl sites for hydroxylation is 1. The first-order valence-electron chi connectivity index (χ1n) is 6.94. The lowest BCUT2D eigenvalue weighted by atomic mass is 10.2. The topological polar surface area (TPSA) is 34.1 Å². The van der Waals surface area contributed by atoms with E-state index >= 15 is 0 Å². The molecule has 0 aliphatic heterocycles. The largest absolute Gasteiger partial charge is 0.439 e. The highest BCUT2D eigenvalue weighted by Gasteiger charge is 2.20. The van der Waals surface area contributed by atoms with Gasteiger partial charge in [-0.05, 0) is 25.3 Å². The Hall–Kier alpha value is -2.01. The average Bonchev–Trinajstić information content (AvgIpc) is 3.20. The number of aromatic nitrogens is 1. The zero-order chi connectivity index (χ0) is 14.8. The summed E-state index contributed by atoms with van der Waals surface area (Å²) < 4.78 is 31.6. The molecule has 0 radical (unpaired) electrons. The molecule has 1 heterocycles. The summed E-state index contributed by atoms with van der Waals surface area (Å²) in [5, 5.41) is 3.42. The van der Waals surface area contributed by atoms with Crippen molar-refractivity contribution in [3.05, 3.63) is 53.2 Å². The molecule has 1 aromatic carbocycles. The Morgan fingerprint density at radius 2 is 1.90 bits per heavy atom. The maximum absolute atomic E-state index is 13.1. The van der Waals surface area contributed by atoms with Crippen LogP contribution in [-0.4, -0.2) is 11.0 Å². The van der Waals surface area contributed by atoms with Crippen LogP contribution in [-0.2, 0) is 6.54 Å². The molecule has 0 saturated heterocycles. The Kier molecular flexibility index (Phi) is 3.84. The molecule has 3 nitrogen and oxygen atoms in total. The van der Waals surface area contributed by atoms with Crippen LogP contribution in [0.15, 0.2) is 30.3 Å². The lowest BCUT2D eigenvalue weighted by Gasteiger charge is -2.09. The molecule has 0 atom stereocenters. The fourth-order valence-corrected chi connectivity index (χ4v) is 2.06. The van der Waals surface area contributed by atoms with Gasteiger partial charge in [-0.15, -0.1) is 0 Å². The summed E-state index contributed by atoms with van der Waals surface area (Å²) in [5.41, 5.74) is 1.94. The number of hydrogen-bond acceptors (Lipinski definition) is 3. The average molecular weight is 290 g/mol. The van der Waals surface area contributed by atoms with Crippen LogP contribution >= 0.6 is 0 Å². The predicted molar refractivity (Wildman–Crippen MR) is 75.3 cm³/mol. The Morgan fingerprint density at radius 1 is 1.19 bits per heavy atom. The first-order chi connectivity index (χ1) is 10.1. The van der Waals surface area contributed by atoms with Crippen molar-refractivity contribution in [2.24, 2.45) is 0 Å². The molecule has 1 saturated carbocycles. The number of ether oxygens (including phenoxy) is 1. The molecule has 0 bridgehead atoms. The molecule has 0 amide bonds. The maximum Gasteiger partial charge on any atom is 0.219 e. The Bertz CT molecular complexity index is 636. The molecular weight excluding hydrogens is 274 g/mol. The maximum atomic E-state index is 13.1. The second-order valence-corrected chi connectivity index (χ2v) is 5.26. The SMILES string of the molecule is Cc1nc(Oc2cc(F)cc(F)c2)ccc1CNC1CC1. The van der Waals surface area contributed by atoms with Crippen molar-refractivity contribution in [2.75, 3.05) is 0 Å². The van der Waals surface area contributed by atoms with Crippen molar-refractivity contribution in [2.45, 2.75) is 32.4 Å². The molecule has 2 aromatic rings. The van der Waals surface area contributed by atoms with Crippen LogP contribution in [0.1, 0.15) is 24.1 Å². The minimum absolute atomic E-state index is 0.100. The second-order valence-electron chi connectivity index (χ2n) is 5.26. The van der Waals surface area contributed by atoms with E-state index < -0.39 is 11.6 Å². The summed E-state index contributed by atoms with van der Waals surface area (Å²) in [6.07, 6.45) is 2.47. The number of nitrogens with zero attached hydrogens (tertiary/aromatic N) is 1. The third-order valence-electron chi connectivity index (χ3n) is 3.39. The quantitative estimate of drug-likeness (QED) is 0.911. The van der Waals surface area contributed by atoms with Crippen LogP contribution in [0.3, 0.4) is 0 Å². The van der Waals surface area contributed by atoms with Gasteiger partial charge in [-0.2, -0.15) is 0 Å². The standard InChI is InChI=1S/C16H16F2N2O/c1-10-11(9-19-14-3-4-14)2-5-16(20-10)21-15-7-12(17)6-13(18)8-15/h2,5-8,14,19H,3-4,9H2,1H3. The van der Waals surface area contributed by atoms with E-state index in [1.165, 1.54) is 12.8 Å². The Labute approximate surface area is 122 Å². The van der Waals surface area contributed by atoms with Gasteiger partial charge in [-0.25, -0.2) is 13.8 Å². The minimum atomic E-state index is -0.674. The van der Waals surface area contributed by atoms with Crippen LogP contribution < -0.4 is 10.1 Å². The number of hydrogen-bond donors (Lipinski definition) is 1. The van der Waals surface area contributed by atoms with E-state index in [0.717, 1.165) is 36.0 Å². The summed E-state index contributed by atoms with van der Waals surface area (Å²) in [5.74, 6) is -0.921. The summed E-state index contributed by atoms with van der Waals surface area (Å²) in [4.78, 5) is 4.32. The summed E-state index contributed by atoms with van der Waals surface area (Å²) in [6.45, 7) is 2.67. The van der Waals surface area contributed by atoms with Gasteiger partial charge in [0.1, 0.15) is 17.4 Å². The van der Waals surface area contributed by atoms with Gasteiger partial charge in [0.25, 0.3) is 0 Å². The van der Waals surface area contributed by atoms with Gasteiger partial charge in [0, 0.05) is 42.5 Å². The lowest BCUT2D eigenvalue weighted by molar-refractivity contribution is 0.449. The lowest BCUT2D eigenvalue weighted by Crippen LogP contribution is -2.16. The first-order valence-corrected chi connectivity index (χ1v) is 6.94. The fraction of sp³-hybridized carbons (Fsp3) is 0.312. The number of pyridine rings is 1. The molecule has 3 rings (SSSR count). The van der Waals surface area contributed by atoms with Gasteiger partial charge in [0.15, 0.2) is 0 Å². The molecule has 21 heavy (non-hydrogen) atoms. The molecular formula is C16H16F2N2O. The van der Waals surface area contributed by atoms with E-state index in [4.69, 9.17) is 4.74 Å². The van der Waals surface area contributed by atoms with Gasteiger partial charge in [-0.3, -0.25) is 0 Å². The Morgan fingerprint density at radius 3 is 2.52 bits per heavy atom. The van der Waals surface area contributed by atoms with Crippen molar-refractivity contribution in [1.29, 1.82) is 0 Å². The van der Waals surface area contributed by atoms with E-state index in [2.05, 4.69) is 10.3 Å². The monoisotopic (exact) mass is 290 g/mol. The van der Waals surface area contributed by atoms with Crippen LogP contribution in [0.5, 0.6) is 11.6 Å². The zero-order valence-electron chi connectivity index (χ0n) is 11.7. The second kappa shape index (κ2) is 5.77. The molecule has 1 aromatic heterocycles. The summed E-state index contributed by atoms with van der Waals surface area (Å²) in [6, 6.07) is 7.32. The van der Waals surface area contributed by atoms with Crippen molar-refractivity contribution >= 4 is 0 Å². The smallest absolute Gasteiger partial charge is 0.219 e. The van der Waals surface area contributed by atoms with E-state index in [1.807, 2.05) is 13.0 Å². The normalized spacial score (nSPS) is 14.2. The highest BCUT2D eigenvalue weighted by Crippen LogP contribution is 2.24. The van der Waals surface area contributed by atoms with Crippen molar-refractivity contribution in [3.63, 3.8) is 0 Å². The summed E-state index contributed by atoms with van der Waals surface area (Å²) >= 11 is 0. The van der Waals surface area contributed by atoms with E-state index in [1.54, 1.807) is 6.07 Å². The minimum Gasteiger partial charge on any atom is -0.439 e. The van der Waals surface area contributed by atoms with Gasteiger partial charge < -0.3 is 10.1 Å². The van der Waals surface area contributed by atoms with E-state index in [-0.39, 0.29) is 5.75 Å². The van der Waals surface area contributed by atoms with Crippen LogP contribution in [0.2, 0.25) is 0 Å². The fourth-order valence-electron chi connectivity index (χ4n) is 2.06. The number of benzene rings is 1. The van der Waals surface area contributed by atoms with E-state index in [0.29, 0.717) is 11.9 Å². The van der Waals surface area contributed by atoms with Crippen LogP contribution in [0, 0.1) is 18.6 Å². The number of nitrogens with one attached hydrogen (secondary N) is 1. The first kappa shape index (κ1) is 13.9. The van der Waals surface area contributed by atoms with Crippen molar-refractivity contribution in [3.8, 4) is 11.6 Å². The molecule has 0 unspecified atom stereocenters. The molecule has 5 heteroatoms. The molecule has 1 N–H and O–H groups in total. The Balaban J connectivity index is 1.71. The molecule has 0 spiro atoms. The molecule has 110 valence electrons. The van der Waals surface area contributed by atoms with Gasteiger partial charge in [-0.1, -0.05) is 6.07 Å². The third kappa shape index (κ3) is 3.76. The highest BCUT2D eigenvalue weighted by molar-refractivity contribution is 5.31.